The van der Waals surface area contributed by atoms with Gasteiger partial charge in [-0.25, -0.2) is 13.2 Å². The summed E-state index contributed by atoms with van der Waals surface area (Å²) in [6, 6.07) is 3.01. The molecular formula is C18H23BF3NO3. The van der Waals surface area contributed by atoms with Crippen molar-refractivity contribution >= 4 is 12.7 Å². The van der Waals surface area contributed by atoms with Crippen molar-refractivity contribution in [3.8, 4) is 0 Å². The van der Waals surface area contributed by atoms with E-state index in [0.29, 0.717) is 13.1 Å². The van der Waals surface area contributed by atoms with E-state index in [9.17, 15) is 13.9 Å². The molecule has 0 saturated carbocycles. The van der Waals surface area contributed by atoms with E-state index in [0.717, 1.165) is 12.1 Å². The van der Waals surface area contributed by atoms with E-state index in [1.807, 2.05) is 0 Å². The molecule has 0 unspecified atom stereocenters. The van der Waals surface area contributed by atoms with Gasteiger partial charge in [0.2, 0.25) is 0 Å². The number of hydrogen-bond acceptors (Lipinski definition) is 4. The average Bonchev–Trinajstić information content (AvgIpc) is 2.71. The molecule has 0 amide bonds. The minimum Gasteiger partial charge on any atom is -0.398 e. The normalized spacial score (nSPS) is 23.8. The molecule has 3 rings (SSSR count). The van der Waals surface area contributed by atoms with E-state index in [1.165, 1.54) is 6.07 Å². The molecule has 0 bridgehead atoms. The summed E-state index contributed by atoms with van der Waals surface area (Å²) in [4.78, 5) is 1.77. The third-order valence-corrected chi connectivity index (χ3v) is 5.32. The highest BCUT2D eigenvalue weighted by atomic mass is 19.1. The third-order valence-electron chi connectivity index (χ3n) is 5.32. The second-order valence-corrected chi connectivity index (χ2v) is 7.89. The molecule has 2 heterocycles. The summed E-state index contributed by atoms with van der Waals surface area (Å²) in [5, 5.41) is 9.46. The lowest BCUT2D eigenvalue weighted by Gasteiger charge is -2.36. The number of hydrogen-bond donors (Lipinski definition) is 1. The zero-order valence-corrected chi connectivity index (χ0v) is 15.4. The summed E-state index contributed by atoms with van der Waals surface area (Å²) < 4.78 is 54.4. The Hall–Kier alpha value is -1.35. The van der Waals surface area contributed by atoms with Crippen LogP contribution in [0.25, 0.3) is 5.57 Å². The van der Waals surface area contributed by atoms with Crippen molar-refractivity contribution in [3.63, 3.8) is 0 Å². The van der Waals surface area contributed by atoms with Gasteiger partial charge < -0.3 is 14.4 Å². The molecular weight excluding hydrogens is 346 g/mol. The highest BCUT2D eigenvalue weighted by molar-refractivity contribution is 6.55. The number of halogens is 3. The first kappa shape index (κ1) is 19.4. The van der Waals surface area contributed by atoms with Gasteiger partial charge in [0.05, 0.1) is 17.3 Å². The lowest BCUT2D eigenvalue weighted by molar-refractivity contribution is 0.00578. The van der Waals surface area contributed by atoms with Gasteiger partial charge in [0.1, 0.15) is 17.4 Å². The van der Waals surface area contributed by atoms with E-state index in [4.69, 9.17) is 9.31 Å². The maximum Gasteiger partial charge on any atom is 0.525 e. The van der Waals surface area contributed by atoms with Crippen molar-refractivity contribution in [1.82, 2.24) is 4.90 Å². The molecule has 2 aliphatic heterocycles. The predicted octanol–water partition coefficient (Wildman–Crippen LogP) is 2.95. The van der Waals surface area contributed by atoms with E-state index in [2.05, 4.69) is 0 Å². The number of aliphatic hydroxyl groups excluding tert-OH is 1. The summed E-state index contributed by atoms with van der Waals surface area (Å²) in [6.45, 7) is 7.98. The predicted molar refractivity (Wildman–Crippen MR) is 92.9 cm³/mol. The number of nitrogens with zero attached hydrogens (tertiary/aromatic N) is 1. The molecule has 1 N–H and O–H groups in total. The largest absolute Gasteiger partial charge is 0.525 e. The van der Waals surface area contributed by atoms with E-state index < -0.39 is 41.8 Å². The topological polar surface area (TPSA) is 41.9 Å². The average molecular weight is 369 g/mol. The van der Waals surface area contributed by atoms with Gasteiger partial charge in [0.15, 0.2) is 0 Å². The second kappa shape index (κ2) is 6.67. The van der Waals surface area contributed by atoms with Crippen molar-refractivity contribution in [3.05, 3.63) is 41.1 Å². The Morgan fingerprint density at radius 3 is 2.27 bits per heavy atom. The summed E-state index contributed by atoms with van der Waals surface area (Å²) in [7, 11) is -1.27. The molecule has 0 aliphatic carbocycles. The van der Waals surface area contributed by atoms with Gasteiger partial charge in [0, 0.05) is 36.8 Å². The second-order valence-electron chi connectivity index (χ2n) is 7.89. The van der Waals surface area contributed by atoms with Crippen LogP contribution < -0.4 is 0 Å². The molecule has 0 atom stereocenters. The van der Waals surface area contributed by atoms with Crippen LogP contribution in [0, 0.1) is 11.6 Å². The standard InChI is InChI=1S/C18H23BF3NO3/c1-17(2)18(3,4)26-19(25-17)16(22)14(10-23-8-12(24)9-23)13-6-5-11(20)7-15(13)21/h5-7,12,24H,8-10H2,1-4H3. The number of aliphatic hydroxyl groups is 1. The van der Waals surface area contributed by atoms with Crippen LogP contribution in [0.15, 0.2) is 23.9 Å². The van der Waals surface area contributed by atoms with Crippen LogP contribution >= 0.6 is 0 Å². The fraction of sp³-hybridized carbons (Fsp3) is 0.556. The SMILES string of the molecule is CC1(C)OB(C(F)=C(CN2CC(O)C2)c2ccc(F)cc2F)OC1(C)C. The molecule has 26 heavy (non-hydrogen) atoms. The van der Waals surface area contributed by atoms with Crippen LogP contribution in [0.1, 0.15) is 33.3 Å². The van der Waals surface area contributed by atoms with Gasteiger partial charge in [-0.3, -0.25) is 4.90 Å². The van der Waals surface area contributed by atoms with Gasteiger partial charge in [-0.2, -0.15) is 0 Å². The Kier molecular flexibility index (Phi) is 4.98. The number of benzene rings is 1. The maximum absolute atomic E-state index is 15.3. The first-order chi connectivity index (χ1) is 12.0. The molecule has 4 nitrogen and oxygen atoms in total. The Balaban J connectivity index is 1.97. The maximum atomic E-state index is 15.3. The van der Waals surface area contributed by atoms with E-state index >= 15 is 4.39 Å². The highest BCUT2D eigenvalue weighted by Gasteiger charge is 2.53. The first-order valence-corrected chi connectivity index (χ1v) is 8.60. The first-order valence-electron chi connectivity index (χ1n) is 8.60. The molecule has 0 spiro atoms. The van der Waals surface area contributed by atoms with Crippen molar-refractivity contribution in [2.75, 3.05) is 19.6 Å². The van der Waals surface area contributed by atoms with Crippen LogP contribution in [-0.2, 0) is 9.31 Å². The van der Waals surface area contributed by atoms with Crippen LogP contribution in [0.2, 0.25) is 0 Å². The zero-order chi connectivity index (χ0) is 19.3. The Morgan fingerprint density at radius 2 is 1.77 bits per heavy atom. The van der Waals surface area contributed by atoms with Crippen molar-refractivity contribution < 1.29 is 27.6 Å². The van der Waals surface area contributed by atoms with Gasteiger partial charge >= 0.3 is 7.12 Å². The summed E-state index contributed by atoms with van der Waals surface area (Å²) in [6.07, 6.45) is -0.478. The summed E-state index contributed by atoms with van der Waals surface area (Å²) in [5.74, 6) is -1.59. The number of β-amino-alcohol motifs (C(OH)–C–C–N with tert-alkyl or cyclic N) is 1. The molecule has 1 aromatic rings. The molecule has 2 fully saturated rings. The third kappa shape index (κ3) is 3.56. The fourth-order valence-corrected chi connectivity index (χ4v) is 3.01. The lowest BCUT2D eigenvalue weighted by atomic mass is 9.82. The smallest absolute Gasteiger partial charge is 0.398 e. The Labute approximate surface area is 151 Å². The monoisotopic (exact) mass is 369 g/mol. The van der Waals surface area contributed by atoms with Crippen LogP contribution in [0.5, 0.6) is 0 Å². The molecule has 8 heteroatoms. The molecule has 0 aromatic heterocycles. The van der Waals surface area contributed by atoms with Gasteiger partial charge in [0.25, 0.3) is 0 Å². The Morgan fingerprint density at radius 1 is 1.19 bits per heavy atom. The van der Waals surface area contributed by atoms with Crippen molar-refractivity contribution in [2.45, 2.75) is 45.0 Å². The Bertz CT molecular complexity index is 716. The van der Waals surface area contributed by atoms with Crippen LogP contribution in [0.4, 0.5) is 13.2 Å². The van der Waals surface area contributed by atoms with Crippen molar-refractivity contribution in [2.24, 2.45) is 0 Å². The number of likely N-dealkylation sites (tertiary alicyclic amines) is 1. The minimum absolute atomic E-state index is 0.0351. The van der Waals surface area contributed by atoms with Crippen LogP contribution in [-0.4, -0.2) is 54.1 Å². The van der Waals surface area contributed by atoms with E-state index in [-0.39, 0.29) is 17.7 Å². The molecule has 142 valence electrons. The highest BCUT2D eigenvalue weighted by Crippen LogP contribution is 2.40. The van der Waals surface area contributed by atoms with Crippen LogP contribution in [0.3, 0.4) is 0 Å². The van der Waals surface area contributed by atoms with Gasteiger partial charge in [-0.05, 0) is 39.8 Å². The zero-order valence-electron chi connectivity index (χ0n) is 15.4. The van der Waals surface area contributed by atoms with Crippen molar-refractivity contribution in [1.29, 1.82) is 0 Å². The summed E-state index contributed by atoms with van der Waals surface area (Å²) in [5.41, 5.74) is -2.23. The quantitative estimate of drug-likeness (QED) is 0.829. The summed E-state index contributed by atoms with van der Waals surface area (Å²) >= 11 is 0. The number of rotatable bonds is 4. The van der Waals surface area contributed by atoms with Gasteiger partial charge in [-0.15, -0.1) is 0 Å². The van der Waals surface area contributed by atoms with Gasteiger partial charge in [-0.1, -0.05) is 0 Å². The van der Waals surface area contributed by atoms with E-state index in [1.54, 1.807) is 32.6 Å². The lowest BCUT2D eigenvalue weighted by Crippen LogP contribution is -2.51. The molecule has 2 aliphatic rings. The molecule has 2 saturated heterocycles. The molecule has 0 radical (unpaired) electrons. The molecule has 1 aromatic carbocycles. The minimum atomic E-state index is -1.27. The fourth-order valence-electron chi connectivity index (χ4n) is 3.01.